The Morgan fingerprint density at radius 2 is 1.96 bits per heavy atom. The molecule has 0 aliphatic heterocycles. The fraction of sp³-hybridized carbons (Fsp3) is 0.0588. The van der Waals surface area contributed by atoms with Crippen LogP contribution < -0.4 is 4.74 Å². The Labute approximate surface area is 141 Å². The number of nitrogens with zero attached hydrogens (tertiary/aromatic N) is 2. The van der Waals surface area contributed by atoms with Gasteiger partial charge in [0.25, 0.3) is 5.69 Å². The van der Waals surface area contributed by atoms with Crippen molar-refractivity contribution in [3.8, 4) is 16.3 Å². The number of benzene rings is 2. The van der Waals surface area contributed by atoms with E-state index >= 15 is 0 Å². The number of hydrogen-bond donors (Lipinski definition) is 0. The molecule has 0 saturated heterocycles. The number of carbonyl (C=O) groups excluding carboxylic acids is 1. The van der Waals surface area contributed by atoms with E-state index in [0.717, 1.165) is 10.6 Å². The third kappa shape index (κ3) is 3.82. The van der Waals surface area contributed by atoms with Crippen LogP contribution in [0.1, 0.15) is 5.69 Å². The van der Waals surface area contributed by atoms with Gasteiger partial charge in [-0.15, -0.1) is 11.3 Å². The zero-order valence-electron chi connectivity index (χ0n) is 12.4. The van der Waals surface area contributed by atoms with Gasteiger partial charge in [-0.05, 0) is 6.07 Å². The Hall–Kier alpha value is -3.06. The van der Waals surface area contributed by atoms with Crippen LogP contribution in [-0.2, 0) is 11.2 Å². The fourth-order valence-corrected chi connectivity index (χ4v) is 2.90. The van der Waals surface area contributed by atoms with E-state index in [4.69, 9.17) is 4.74 Å². The van der Waals surface area contributed by atoms with Gasteiger partial charge in [-0.1, -0.05) is 36.4 Å². The summed E-state index contributed by atoms with van der Waals surface area (Å²) in [6, 6.07) is 15.2. The first-order valence-electron chi connectivity index (χ1n) is 7.07. The molecule has 1 aromatic heterocycles. The normalized spacial score (nSPS) is 10.3. The highest BCUT2D eigenvalue weighted by molar-refractivity contribution is 7.13. The minimum Gasteiger partial charge on any atom is -0.426 e. The van der Waals surface area contributed by atoms with E-state index in [1.165, 1.54) is 35.6 Å². The molecule has 0 spiro atoms. The van der Waals surface area contributed by atoms with Crippen molar-refractivity contribution in [3.63, 3.8) is 0 Å². The van der Waals surface area contributed by atoms with E-state index in [0.29, 0.717) is 5.69 Å². The molecule has 6 nitrogen and oxygen atoms in total. The molecular formula is C17H12N2O4S. The first-order chi connectivity index (χ1) is 11.6. The number of thiazole rings is 1. The van der Waals surface area contributed by atoms with E-state index in [1.807, 2.05) is 30.3 Å². The smallest absolute Gasteiger partial charge is 0.317 e. The van der Waals surface area contributed by atoms with E-state index in [-0.39, 0.29) is 17.9 Å². The van der Waals surface area contributed by atoms with E-state index in [2.05, 4.69) is 4.98 Å². The van der Waals surface area contributed by atoms with Crippen LogP contribution in [0.4, 0.5) is 5.69 Å². The summed E-state index contributed by atoms with van der Waals surface area (Å²) in [6.07, 6.45) is 0.00598. The molecule has 0 bridgehead atoms. The van der Waals surface area contributed by atoms with Crippen LogP contribution >= 0.6 is 11.3 Å². The molecular weight excluding hydrogens is 328 g/mol. The van der Waals surface area contributed by atoms with Crippen LogP contribution in [0.25, 0.3) is 10.6 Å². The van der Waals surface area contributed by atoms with Crippen LogP contribution in [0.3, 0.4) is 0 Å². The second-order valence-electron chi connectivity index (χ2n) is 4.92. The number of nitro groups is 1. The summed E-state index contributed by atoms with van der Waals surface area (Å²) in [5.41, 5.74) is 1.47. The van der Waals surface area contributed by atoms with E-state index in [1.54, 1.807) is 5.38 Å². The Kier molecular flexibility index (Phi) is 4.62. The molecule has 3 aromatic rings. The second kappa shape index (κ2) is 7.01. The number of hydrogen-bond acceptors (Lipinski definition) is 6. The van der Waals surface area contributed by atoms with Gasteiger partial charge in [0, 0.05) is 17.0 Å². The van der Waals surface area contributed by atoms with Gasteiger partial charge in [0.15, 0.2) is 0 Å². The third-order valence-corrected chi connectivity index (χ3v) is 4.10. The molecule has 3 rings (SSSR count). The summed E-state index contributed by atoms with van der Waals surface area (Å²) in [7, 11) is 0. The zero-order chi connectivity index (χ0) is 16.9. The number of aromatic nitrogens is 1. The molecule has 0 saturated carbocycles. The molecule has 0 aliphatic rings. The van der Waals surface area contributed by atoms with Gasteiger partial charge in [-0.25, -0.2) is 4.98 Å². The minimum absolute atomic E-state index is 0.00598. The molecule has 120 valence electrons. The monoisotopic (exact) mass is 340 g/mol. The Balaban J connectivity index is 1.66. The average Bonchev–Trinajstić information content (AvgIpc) is 3.04. The number of carbonyl (C=O) groups is 1. The van der Waals surface area contributed by atoms with E-state index < -0.39 is 10.9 Å². The van der Waals surface area contributed by atoms with Crippen LogP contribution in [0.15, 0.2) is 60.0 Å². The second-order valence-corrected chi connectivity index (χ2v) is 5.77. The summed E-state index contributed by atoms with van der Waals surface area (Å²) < 4.78 is 5.15. The Bertz CT molecular complexity index is 877. The highest BCUT2D eigenvalue weighted by Gasteiger charge is 2.13. The molecule has 1 heterocycles. The fourth-order valence-electron chi connectivity index (χ4n) is 2.08. The van der Waals surface area contributed by atoms with Crippen molar-refractivity contribution in [3.05, 3.63) is 75.8 Å². The molecule has 0 atom stereocenters. The maximum Gasteiger partial charge on any atom is 0.317 e. The van der Waals surface area contributed by atoms with Gasteiger partial charge < -0.3 is 4.74 Å². The summed E-state index contributed by atoms with van der Waals surface area (Å²) in [6.45, 7) is 0. The number of rotatable bonds is 5. The molecule has 24 heavy (non-hydrogen) atoms. The van der Waals surface area contributed by atoms with Gasteiger partial charge in [-0.3, -0.25) is 14.9 Å². The molecule has 0 unspecified atom stereocenters. The molecule has 2 aromatic carbocycles. The van der Waals surface area contributed by atoms with Gasteiger partial charge in [-0.2, -0.15) is 0 Å². The lowest BCUT2D eigenvalue weighted by Crippen LogP contribution is -2.11. The predicted molar refractivity (Wildman–Crippen MR) is 90.0 cm³/mol. The lowest BCUT2D eigenvalue weighted by molar-refractivity contribution is -0.384. The highest BCUT2D eigenvalue weighted by atomic mass is 32.1. The van der Waals surface area contributed by atoms with Crippen molar-refractivity contribution in [1.82, 2.24) is 4.98 Å². The Morgan fingerprint density at radius 1 is 1.17 bits per heavy atom. The Morgan fingerprint density at radius 3 is 2.71 bits per heavy atom. The van der Waals surface area contributed by atoms with Crippen molar-refractivity contribution in [1.29, 1.82) is 0 Å². The standard InChI is InChI=1S/C17H12N2O4S/c20-16(23-15-8-4-7-14(10-15)19(21)22)9-13-11-24-17(18-13)12-5-2-1-3-6-12/h1-8,10-11H,9H2. The van der Waals surface area contributed by atoms with Crippen molar-refractivity contribution in [2.24, 2.45) is 0 Å². The van der Waals surface area contributed by atoms with Gasteiger partial charge in [0.2, 0.25) is 0 Å². The van der Waals surface area contributed by atoms with Gasteiger partial charge >= 0.3 is 5.97 Å². The molecule has 0 amide bonds. The molecule has 0 N–H and O–H groups in total. The predicted octanol–water partition coefficient (Wildman–Crippen LogP) is 3.87. The minimum atomic E-state index is -0.538. The highest BCUT2D eigenvalue weighted by Crippen LogP contribution is 2.24. The van der Waals surface area contributed by atoms with Gasteiger partial charge in [0.05, 0.1) is 23.1 Å². The average molecular weight is 340 g/mol. The molecule has 0 aliphatic carbocycles. The SMILES string of the molecule is O=C(Cc1csc(-c2ccccc2)n1)Oc1cccc([N+](=O)[O-])c1. The molecule has 0 fully saturated rings. The number of nitro benzene ring substituents is 1. The van der Waals surface area contributed by atoms with Crippen molar-refractivity contribution in [2.75, 3.05) is 0 Å². The van der Waals surface area contributed by atoms with Crippen LogP contribution in [0.2, 0.25) is 0 Å². The topological polar surface area (TPSA) is 82.3 Å². The van der Waals surface area contributed by atoms with Crippen molar-refractivity contribution < 1.29 is 14.5 Å². The first kappa shape index (κ1) is 15.8. The summed E-state index contributed by atoms with van der Waals surface area (Å²) >= 11 is 1.45. The van der Waals surface area contributed by atoms with Crippen LogP contribution in [-0.4, -0.2) is 15.9 Å². The largest absolute Gasteiger partial charge is 0.426 e. The number of non-ortho nitro benzene ring substituents is 1. The van der Waals surface area contributed by atoms with Gasteiger partial charge in [0.1, 0.15) is 10.8 Å². The molecule has 0 radical (unpaired) electrons. The van der Waals surface area contributed by atoms with Crippen molar-refractivity contribution in [2.45, 2.75) is 6.42 Å². The van der Waals surface area contributed by atoms with Crippen molar-refractivity contribution >= 4 is 23.0 Å². The number of ether oxygens (including phenoxy) is 1. The maximum atomic E-state index is 12.0. The molecule has 7 heteroatoms. The maximum absolute atomic E-state index is 12.0. The third-order valence-electron chi connectivity index (χ3n) is 3.16. The van der Waals surface area contributed by atoms with Crippen LogP contribution in [0.5, 0.6) is 5.75 Å². The first-order valence-corrected chi connectivity index (χ1v) is 7.95. The summed E-state index contributed by atoms with van der Waals surface area (Å²) in [4.78, 5) is 26.6. The summed E-state index contributed by atoms with van der Waals surface area (Å²) in [5.74, 6) is -0.367. The lowest BCUT2D eigenvalue weighted by Gasteiger charge is -2.02. The number of esters is 1. The summed E-state index contributed by atoms with van der Waals surface area (Å²) in [5, 5.41) is 13.4. The van der Waals surface area contributed by atoms with Crippen LogP contribution in [0, 0.1) is 10.1 Å². The lowest BCUT2D eigenvalue weighted by atomic mass is 10.2. The van der Waals surface area contributed by atoms with E-state index in [9.17, 15) is 14.9 Å². The zero-order valence-corrected chi connectivity index (χ0v) is 13.2. The quantitative estimate of drug-likeness (QED) is 0.305.